The lowest BCUT2D eigenvalue weighted by atomic mass is 9.92. The predicted octanol–water partition coefficient (Wildman–Crippen LogP) is 2.83. The second kappa shape index (κ2) is 12.8. The Kier molecular flexibility index (Phi) is 8.72. The molecular weight excluding hydrogens is 534 g/mol. The van der Waals surface area contributed by atoms with Crippen molar-refractivity contribution in [2.24, 2.45) is 22.6 Å². The van der Waals surface area contributed by atoms with Gasteiger partial charge in [-0.1, -0.05) is 12.1 Å². The van der Waals surface area contributed by atoms with Gasteiger partial charge in [-0.15, -0.1) is 10.2 Å². The molecule has 0 spiro atoms. The number of anilines is 3. The van der Waals surface area contributed by atoms with E-state index in [-0.39, 0.29) is 29.3 Å². The summed E-state index contributed by atoms with van der Waals surface area (Å²) in [5.74, 6) is 0.440. The molecule has 1 aliphatic carbocycles. The summed E-state index contributed by atoms with van der Waals surface area (Å²) in [4.78, 5) is 36.1. The van der Waals surface area contributed by atoms with Crippen LogP contribution < -0.4 is 26.4 Å². The Balaban J connectivity index is 1.35. The second-order valence-corrected chi connectivity index (χ2v) is 10.3. The van der Waals surface area contributed by atoms with Gasteiger partial charge in [-0.05, 0) is 43.2 Å². The van der Waals surface area contributed by atoms with Gasteiger partial charge in [0.15, 0.2) is 17.3 Å². The minimum absolute atomic E-state index is 0.00575. The number of para-hydroxylation sites is 1. The average Bonchev–Trinajstić information content (AvgIpc) is 3.84. The Morgan fingerprint density at radius 1 is 1.12 bits per heavy atom. The Hall–Kier alpha value is -4.84. The molecule has 2 fully saturated rings. The maximum absolute atomic E-state index is 12.6. The van der Waals surface area contributed by atoms with Crippen LogP contribution in [0.15, 0.2) is 59.7 Å². The van der Waals surface area contributed by atoms with Gasteiger partial charge in [0, 0.05) is 74.8 Å². The molecule has 0 unspecified atom stereocenters. The van der Waals surface area contributed by atoms with Crippen molar-refractivity contribution in [3.05, 3.63) is 71.7 Å². The summed E-state index contributed by atoms with van der Waals surface area (Å²) in [7, 11) is 4.83. The summed E-state index contributed by atoms with van der Waals surface area (Å²) in [5.41, 5.74) is 10.7. The van der Waals surface area contributed by atoms with E-state index in [2.05, 4.69) is 41.0 Å². The maximum atomic E-state index is 12.6. The molecular formula is C30H35N9O3. The third-order valence-corrected chi connectivity index (χ3v) is 7.28. The molecule has 0 atom stereocenters. The highest BCUT2D eigenvalue weighted by molar-refractivity contribution is 6.03. The van der Waals surface area contributed by atoms with E-state index in [9.17, 15) is 9.59 Å². The smallest absolute Gasteiger partial charge is 0.273 e. The first-order chi connectivity index (χ1) is 20.4. The maximum Gasteiger partial charge on any atom is 0.273 e. The Morgan fingerprint density at radius 2 is 1.93 bits per heavy atom. The number of nitrogens with zero attached hydrogens (tertiary/aromatic N) is 5. The molecule has 2 aromatic heterocycles. The molecule has 3 heterocycles. The van der Waals surface area contributed by atoms with Gasteiger partial charge in [-0.2, -0.15) is 0 Å². The summed E-state index contributed by atoms with van der Waals surface area (Å²) < 4.78 is 5.79. The summed E-state index contributed by atoms with van der Waals surface area (Å²) in [6.07, 6.45) is 5.41. The third kappa shape index (κ3) is 6.55. The number of nitrogens with two attached hydrogens (primary N) is 1. The number of carbonyl (C=O) groups is 2. The SMILES string of the molecule is CN=C(/C=C(\N)c1cccc(Nc2cc(NC(=O)C3CC3)nnc2C(=O)NC)c1OC)C1CN(Cc2ccccn2)C1. The van der Waals surface area contributed by atoms with Crippen LogP contribution in [0.25, 0.3) is 5.70 Å². The number of methoxy groups -OCH3 is 1. The number of aromatic nitrogens is 3. The van der Waals surface area contributed by atoms with Crippen LogP contribution in [-0.4, -0.2) is 71.9 Å². The van der Waals surface area contributed by atoms with Crippen molar-refractivity contribution in [1.82, 2.24) is 25.4 Å². The van der Waals surface area contributed by atoms with Gasteiger partial charge in [0.25, 0.3) is 5.91 Å². The summed E-state index contributed by atoms with van der Waals surface area (Å²) in [6.45, 7) is 2.52. The van der Waals surface area contributed by atoms with E-state index in [0.717, 1.165) is 43.9 Å². The van der Waals surface area contributed by atoms with Crippen molar-refractivity contribution in [2.45, 2.75) is 19.4 Å². The predicted molar refractivity (Wildman–Crippen MR) is 162 cm³/mol. The molecule has 1 saturated carbocycles. The zero-order chi connectivity index (χ0) is 29.6. The van der Waals surface area contributed by atoms with Gasteiger partial charge in [0.2, 0.25) is 5.91 Å². The Morgan fingerprint density at radius 3 is 2.60 bits per heavy atom. The number of ether oxygens (including phenoxy) is 1. The average molecular weight is 570 g/mol. The van der Waals surface area contributed by atoms with Crippen LogP contribution in [0.5, 0.6) is 5.75 Å². The van der Waals surface area contributed by atoms with Crippen molar-refractivity contribution in [1.29, 1.82) is 0 Å². The molecule has 1 aliphatic heterocycles. The zero-order valence-corrected chi connectivity index (χ0v) is 23.9. The van der Waals surface area contributed by atoms with Crippen LogP contribution in [0.4, 0.5) is 17.2 Å². The highest BCUT2D eigenvalue weighted by atomic mass is 16.5. The normalized spacial score (nSPS) is 16.0. The number of hydrogen-bond donors (Lipinski definition) is 4. The van der Waals surface area contributed by atoms with Crippen LogP contribution in [0, 0.1) is 11.8 Å². The fourth-order valence-electron chi connectivity index (χ4n) is 4.84. The minimum Gasteiger partial charge on any atom is -0.494 e. The van der Waals surface area contributed by atoms with Crippen LogP contribution in [-0.2, 0) is 11.3 Å². The van der Waals surface area contributed by atoms with Gasteiger partial charge >= 0.3 is 0 Å². The number of rotatable bonds is 11. The second-order valence-electron chi connectivity index (χ2n) is 10.3. The van der Waals surface area contributed by atoms with E-state index in [1.54, 1.807) is 20.2 Å². The molecule has 218 valence electrons. The van der Waals surface area contributed by atoms with Crippen molar-refractivity contribution >= 4 is 40.4 Å². The number of aliphatic imine (C=N–C) groups is 1. The van der Waals surface area contributed by atoms with Crippen LogP contribution in [0.1, 0.15) is 34.6 Å². The lowest BCUT2D eigenvalue weighted by Gasteiger charge is -2.39. The molecule has 0 bridgehead atoms. The lowest BCUT2D eigenvalue weighted by Crippen LogP contribution is -2.49. The van der Waals surface area contributed by atoms with Gasteiger partial charge in [0.1, 0.15) is 0 Å². The van der Waals surface area contributed by atoms with Crippen molar-refractivity contribution in [2.75, 3.05) is 44.9 Å². The fraction of sp³-hybridized carbons (Fsp3) is 0.333. The van der Waals surface area contributed by atoms with Crippen LogP contribution in [0.3, 0.4) is 0 Å². The summed E-state index contributed by atoms with van der Waals surface area (Å²) in [5, 5.41) is 16.7. The first-order valence-electron chi connectivity index (χ1n) is 13.8. The monoisotopic (exact) mass is 569 g/mol. The number of benzene rings is 1. The van der Waals surface area contributed by atoms with Crippen molar-refractivity contribution in [3.63, 3.8) is 0 Å². The van der Waals surface area contributed by atoms with Crippen LogP contribution >= 0.6 is 0 Å². The number of pyridine rings is 1. The fourth-order valence-corrected chi connectivity index (χ4v) is 4.84. The minimum atomic E-state index is -0.430. The van der Waals surface area contributed by atoms with E-state index in [0.29, 0.717) is 28.4 Å². The third-order valence-electron chi connectivity index (χ3n) is 7.28. The van der Waals surface area contributed by atoms with E-state index in [1.807, 2.05) is 48.7 Å². The zero-order valence-electron chi connectivity index (χ0n) is 23.9. The number of hydrogen-bond acceptors (Lipinski definition) is 10. The van der Waals surface area contributed by atoms with E-state index in [1.165, 1.54) is 7.05 Å². The largest absolute Gasteiger partial charge is 0.494 e. The Labute approximate surface area is 244 Å². The highest BCUT2D eigenvalue weighted by Crippen LogP contribution is 2.36. The first kappa shape index (κ1) is 28.7. The topological polar surface area (TPSA) is 160 Å². The standard InChI is InChI=1S/C30H35N9O3/c1-32-24(19-15-39(16-19)17-20-7-4-5-12-34-20)13-22(31)21-8-6-9-23(28(21)42-3)35-25-14-26(36-29(40)18-10-11-18)37-38-27(25)30(41)33-2/h4-9,12-14,18-19H,10-11,15-17,31H2,1-3H3,(H,33,41)(H2,35,36,37,40)/b22-13-,32-24?. The molecule has 5 N–H and O–H groups in total. The summed E-state index contributed by atoms with van der Waals surface area (Å²) in [6, 6.07) is 13.0. The number of likely N-dealkylation sites (tertiary alicyclic amines) is 1. The molecule has 0 radical (unpaired) electrons. The quantitative estimate of drug-likeness (QED) is 0.255. The van der Waals surface area contributed by atoms with E-state index in [4.69, 9.17) is 10.5 Å². The number of nitrogens with one attached hydrogen (secondary N) is 3. The number of carbonyl (C=O) groups excluding carboxylic acids is 2. The van der Waals surface area contributed by atoms with Gasteiger partial charge in [0.05, 0.1) is 24.2 Å². The van der Waals surface area contributed by atoms with Crippen molar-refractivity contribution < 1.29 is 14.3 Å². The van der Waals surface area contributed by atoms with Gasteiger partial charge in [-0.3, -0.25) is 24.5 Å². The highest BCUT2D eigenvalue weighted by Gasteiger charge is 2.31. The molecule has 2 amide bonds. The molecule has 42 heavy (non-hydrogen) atoms. The number of allylic oxidation sites excluding steroid dienone is 1. The van der Waals surface area contributed by atoms with E-state index < -0.39 is 5.91 Å². The van der Waals surface area contributed by atoms with E-state index >= 15 is 0 Å². The molecule has 1 saturated heterocycles. The number of amides is 2. The molecule has 2 aliphatic rings. The molecule has 12 heteroatoms. The van der Waals surface area contributed by atoms with Gasteiger partial charge < -0.3 is 26.4 Å². The molecule has 5 rings (SSSR count). The van der Waals surface area contributed by atoms with Crippen molar-refractivity contribution in [3.8, 4) is 5.75 Å². The van der Waals surface area contributed by atoms with Gasteiger partial charge in [-0.25, -0.2) is 0 Å². The summed E-state index contributed by atoms with van der Waals surface area (Å²) >= 11 is 0. The first-order valence-corrected chi connectivity index (χ1v) is 13.8. The lowest BCUT2D eigenvalue weighted by molar-refractivity contribution is -0.117. The van der Waals surface area contributed by atoms with Crippen LogP contribution in [0.2, 0.25) is 0 Å². The molecule has 3 aromatic rings. The molecule has 1 aromatic carbocycles. The molecule has 12 nitrogen and oxygen atoms in total. The Bertz CT molecular complexity index is 1510.